The number of hydrogen-bond acceptors (Lipinski definition) is 3. The zero-order chi connectivity index (χ0) is 16.0. The molecular weight excluding hydrogens is 280 g/mol. The smallest absolute Gasteiger partial charge is 0.394 e. The molecule has 0 aromatic heterocycles. The summed E-state index contributed by atoms with van der Waals surface area (Å²) in [5.41, 5.74) is 0. The third-order valence-electron chi connectivity index (χ3n) is 3.52. The Morgan fingerprint density at radius 1 is 0.850 bits per heavy atom. The Kier molecular flexibility index (Phi) is 15.3. The van der Waals surface area contributed by atoms with E-state index in [4.69, 9.17) is 22.6 Å². The van der Waals surface area contributed by atoms with Gasteiger partial charge in [0.15, 0.2) is 0 Å². The topological polar surface area (TPSA) is 94.8 Å². The molecule has 0 rings (SSSR count). The molecule has 0 saturated carbocycles. The maximum Gasteiger partial charge on any atom is 0.394 e. The second-order valence-electron chi connectivity index (χ2n) is 5.49. The van der Waals surface area contributed by atoms with Crippen LogP contribution in [0.5, 0.6) is 0 Å². The van der Waals surface area contributed by atoms with Crippen molar-refractivity contribution in [1.82, 2.24) is 0 Å². The van der Waals surface area contributed by atoms with Gasteiger partial charge < -0.3 is 5.11 Å². The van der Waals surface area contributed by atoms with Gasteiger partial charge in [-0.3, -0.25) is 9.11 Å². The predicted octanol–water partition coefficient (Wildman–Crippen LogP) is 3.74. The molecular formula is C14H32O5S. The Morgan fingerprint density at radius 3 is 1.65 bits per heavy atom. The fourth-order valence-electron chi connectivity index (χ4n) is 1.89. The largest absolute Gasteiger partial charge is 0.396 e. The summed E-state index contributed by atoms with van der Waals surface area (Å²) in [5, 5.41) is 9.00. The van der Waals surface area contributed by atoms with Crippen LogP contribution < -0.4 is 0 Å². The van der Waals surface area contributed by atoms with Gasteiger partial charge in [-0.1, -0.05) is 72.1 Å². The zero-order valence-electron chi connectivity index (χ0n) is 13.1. The number of unbranched alkanes of at least 4 members (excludes halogenated alkanes) is 6. The molecule has 0 aliphatic rings. The second-order valence-corrected chi connectivity index (χ2v) is 6.39. The average Bonchev–Trinajstić information content (AvgIpc) is 2.34. The lowest BCUT2D eigenvalue weighted by Gasteiger charge is -2.17. The molecule has 124 valence electrons. The van der Waals surface area contributed by atoms with Crippen LogP contribution >= 0.6 is 0 Å². The summed E-state index contributed by atoms with van der Waals surface area (Å²) in [4.78, 5) is 0. The Morgan fingerprint density at radius 2 is 1.25 bits per heavy atom. The van der Waals surface area contributed by atoms with Crippen LogP contribution in [-0.4, -0.2) is 29.2 Å². The van der Waals surface area contributed by atoms with Gasteiger partial charge in [0.05, 0.1) is 0 Å². The third kappa shape index (κ3) is 23.0. The molecule has 0 fully saturated rings. The van der Waals surface area contributed by atoms with E-state index in [1.54, 1.807) is 0 Å². The van der Waals surface area contributed by atoms with E-state index in [2.05, 4.69) is 20.8 Å². The van der Waals surface area contributed by atoms with Crippen molar-refractivity contribution in [2.45, 2.75) is 72.1 Å². The summed E-state index contributed by atoms with van der Waals surface area (Å²) in [5.74, 6) is 1.16. The number of aliphatic hydroxyl groups excluding tert-OH is 1. The number of hydrogen-bond donors (Lipinski definition) is 3. The Labute approximate surface area is 124 Å². The number of rotatable bonds is 10. The van der Waals surface area contributed by atoms with Crippen LogP contribution in [0, 0.1) is 11.8 Å². The maximum atomic E-state index is 9.00. The summed E-state index contributed by atoms with van der Waals surface area (Å²) in [7, 11) is -4.67. The molecule has 2 atom stereocenters. The van der Waals surface area contributed by atoms with E-state index in [1.807, 2.05) is 0 Å². The lowest BCUT2D eigenvalue weighted by Crippen LogP contribution is -2.11. The van der Waals surface area contributed by atoms with Gasteiger partial charge in [-0.2, -0.15) is 8.42 Å². The van der Waals surface area contributed by atoms with Crippen molar-refractivity contribution in [3.8, 4) is 0 Å². The average molecular weight is 312 g/mol. The van der Waals surface area contributed by atoms with Crippen molar-refractivity contribution < 1.29 is 22.6 Å². The molecule has 0 aromatic carbocycles. The first kappa shape index (κ1) is 22.1. The van der Waals surface area contributed by atoms with E-state index in [0.717, 1.165) is 0 Å². The van der Waals surface area contributed by atoms with Crippen molar-refractivity contribution in [2.75, 3.05) is 6.61 Å². The van der Waals surface area contributed by atoms with Gasteiger partial charge in [0.25, 0.3) is 0 Å². The predicted molar refractivity (Wildman–Crippen MR) is 82.2 cm³/mol. The van der Waals surface area contributed by atoms with E-state index in [1.165, 1.54) is 51.4 Å². The van der Waals surface area contributed by atoms with Crippen molar-refractivity contribution in [3.63, 3.8) is 0 Å². The first-order valence-corrected chi connectivity index (χ1v) is 8.92. The van der Waals surface area contributed by atoms with Gasteiger partial charge in [-0.25, -0.2) is 0 Å². The molecule has 0 heterocycles. The van der Waals surface area contributed by atoms with Crippen LogP contribution in [0.1, 0.15) is 72.1 Å². The van der Waals surface area contributed by atoms with Crippen molar-refractivity contribution in [1.29, 1.82) is 0 Å². The maximum absolute atomic E-state index is 9.00. The summed E-state index contributed by atoms with van der Waals surface area (Å²) in [6.45, 7) is 7.01. The zero-order valence-corrected chi connectivity index (χ0v) is 13.9. The Bertz CT molecular complexity index is 282. The Hall–Kier alpha value is -0.170. The highest BCUT2D eigenvalue weighted by Crippen LogP contribution is 2.18. The Balaban J connectivity index is 0. The number of aliphatic hydroxyl groups is 1. The normalized spacial score (nSPS) is 14.3. The standard InChI is InChI=1S/C14H30O.H2O4S/c1-4-5-6-7-8-9-10-11-13(2)14(3)12-15;1-5(2,3)4/h13-15H,4-12H2,1-3H3;(H2,1,2,3,4). The monoisotopic (exact) mass is 312 g/mol. The molecule has 0 saturated heterocycles. The minimum atomic E-state index is -4.67. The molecule has 3 N–H and O–H groups in total. The fraction of sp³-hybridized carbons (Fsp3) is 1.00. The van der Waals surface area contributed by atoms with Crippen LogP contribution in [0.25, 0.3) is 0 Å². The first-order chi connectivity index (χ1) is 9.22. The summed E-state index contributed by atoms with van der Waals surface area (Å²) >= 11 is 0. The highest BCUT2D eigenvalue weighted by atomic mass is 32.3. The van der Waals surface area contributed by atoms with Gasteiger partial charge in [0.1, 0.15) is 0 Å². The summed E-state index contributed by atoms with van der Waals surface area (Å²) < 4.78 is 31.6. The lowest BCUT2D eigenvalue weighted by molar-refractivity contribution is 0.188. The fourth-order valence-corrected chi connectivity index (χ4v) is 1.89. The summed E-state index contributed by atoms with van der Waals surface area (Å²) in [6, 6.07) is 0. The van der Waals surface area contributed by atoms with E-state index in [0.29, 0.717) is 18.4 Å². The van der Waals surface area contributed by atoms with E-state index in [9.17, 15) is 0 Å². The van der Waals surface area contributed by atoms with E-state index < -0.39 is 10.4 Å². The molecule has 0 spiro atoms. The van der Waals surface area contributed by atoms with Gasteiger partial charge in [0.2, 0.25) is 0 Å². The minimum absolute atomic E-state index is 0.345. The molecule has 2 unspecified atom stereocenters. The summed E-state index contributed by atoms with van der Waals surface area (Å²) in [6.07, 6.45) is 11.0. The SMILES string of the molecule is CCCCCCCCCC(C)C(C)CO.O=S(=O)(O)O. The van der Waals surface area contributed by atoms with E-state index in [-0.39, 0.29) is 0 Å². The molecule has 0 aromatic rings. The highest BCUT2D eigenvalue weighted by molar-refractivity contribution is 7.79. The molecule has 6 heteroatoms. The molecule has 0 radical (unpaired) electrons. The third-order valence-corrected chi connectivity index (χ3v) is 3.52. The van der Waals surface area contributed by atoms with Crippen molar-refractivity contribution in [3.05, 3.63) is 0 Å². The van der Waals surface area contributed by atoms with Crippen LogP contribution in [0.2, 0.25) is 0 Å². The molecule has 20 heavy (non-hydrogen) atoms. The molecule has 5 nitrogen and oxygen atoms in total. The van der Waals surface area contributed by atoms with Crippen LogP contribution in [0.15, 0.2) is 0 Å². The van der Waals surface area contributed by atoms with Gasteiger partial charge in [-0.05, 0) is 11.8 Å². The molecule has 0 aliphatic carbocycles. The lowest BCUT2D eigenvalue weighted by atomic mass is 9.91. The van der Waals surface area contributed by atoms with Gasteiger partial charge in [-0.15, -0.1) is 0 Å². The van der Waals surface area contributed by atoms with Crippen LogP contribution in [0.4, 0.5) is 0 Å². The van der Waals surface area contributed by atoms with Crippen molar-refractivity contribution in [2.24, 2.45) is 11.8 Å². The van der Waals surface area contributed by atoms with Crippen molar-refractivity contribution >= 4 is 10.4 Å². The second kappa shape index (κ2) is 13.8. The van der Waals surface area contributed by atoms with Gasteiger partial charge in [0, 0.05) is 6.61 Å². The van der Waals surface area contributed by atoms with Gasteiger partial charge >= 0.3 is 10.4 Å². The van der Waals surface area contributed by atoms with E-state index >= 15 is 0 Å². The minimum Gasteiger partial charge on any atom is -0.396 e. The quantitative estimate of drug-likeness (QED) is 0.422. The molecule has 0 bridgehead atoms. The molecule has 0 aliphatic heterocycles. The highest BCUT2D eigenvalue weighted by Gasteiger charge is 2.09. The van der Waals surface area contributed by atoms with Crippen LogP contribution in [-0.2, 0) is 10.4 Å². The van der Waals surface area contributed by atoms with Crippen LogP contribution in [0.3, 0.4) is 0 Å². The molecule has 0 amide bonds. The first-order valence-electron chi connectivity index (χ1n) is 7.53.